The average Bonchev–Trinajstić information content (AvgIpc) is 3.24. The molecular formula is C19H26N4O. The van der Waals surface area contributed by atoms with Gasteiger partial charge in [-0.25, -0.2) is 4.98 Å². The van der Waals surface area contributed by atoms with Crippen molar-refractivity contribution in [1.29, 1.82) is 0 Å². The number of imidazole rings is 1. The minimum atomic E-state index is 0.332. The molecule has 0 unspecified atom stereocenters. The number of pyridine rings is 1. The molecule has 1 aliphatic heterocycles. The molecule has 2 atom stereocenters. The molecule has 1 saturated heterocycles. The molecule has 1 aliphatic carbocycles. The molecule has 0 bridgehead atoms. The number of ether oxygens (including phenoxy) is 1. The minimum absolute atomic E-state index is 0.332. The van der Waals surface area contributed by atoms with Crippen LogP contribution >= 0.6 is 0 Å². The Labute approximate surface area is 143 Å². The van der Waals surface area contributed by atoms with Crippen LogP contribution in [0.2, 0.25) is 0 Å². The second-order valence-corrected chi connectivity index (χ2v) is 7.16. The van der Waals surface area contributed by atoms with Crippen molar-refractivity contribution < 1.29 is 4.74 Å². The van der Waals surface area contributed by atoms with Gasteiger partial charge in [0.05, 0.1) is 12.6 Å². The van der Waals surface area contributed by atoms with Gasteiger partial charge >= 0.3 is 0 Å². The van der Waals surface area contributed by atoms with Crippen LogP contribution in [0.4, 0.5) is 0 Å². The van der Waals surface area contributed by atoms with Crippen molar-refractivity contribution in [3.63, 3.8) is 0 Å². The third kappa shape index (κ3) is 3.68. The van der Waals surface area contributed by atoms with Crippen LogP contribution in [0, 0.1) is 5.92 Å². The van der Waals surface area contributed by atoms with Crippen molar-refractivity contribution in [1.82, 2.24) is 19.4 Å². The second kappa shape index (κ2) is 7.03. The maximum atomic E-state index is 6.31. The summed E-state index contributed by atoms with van der Waals surface area (Å²) >= 11 is 0. The Bertz CT molecular complexity index is 652. The lowest BCUT2D eigenvalue weighted by Gasteiger charge is -2.28. The lowest BCUT2D eigenvalue weighted by Crippen LogP contribution is -2.38. The predicted molar refractivity (Wildman–Crippen MR) is 92.4 cm³/mol. The summed E-state index contributed by atoms with van der Waals surface area (Å²) in [5, 5.41) is 0. The zero-order valence-corrected chi connectivity index (χ0v) is 14.3. The zero-order valence-electron chi connectivity index (χ0n) is 14.3. The van der Waals surface area contributed by atoms with E-state index in [1.54, 1.807) is 0 Å². The van der Waals surface area contributed by atoms with E-state index in [4.69, 9.17) is 4.74 Å². The van der Waals surface area contributed by atoms with E-state index in [1.807, 2.05) is 24.8 Å². The van der Waals surface area contributed by atoms with E-state index in [9.17, 15) is 0 Å². The Morgan fingerprint density at radius 1 is 1.17 bits per heavy atom. The van der Waals surface area contributed by atoms with Crippen LogP contribution in [-0.4, -0.2) is 44.7 Å². The van der Waals surface area contributed by atoms with E-state index in [1.165, 1.54) is 18.4 Å². The van der Waals surface area contributed by atoms with Gasteiger partial charge in [0, 0.05) is 51.0 Å². The molecule has 0 aromatic carbocycles. The van der Waals surface area contributed by atoms with Gasteiger partial charge < -0.3 is 9.30 Å². The summed E-state index contributed by atoms with van der Waals surface area (Å²) in [7, 11) is 2.07. The Kier molecular flexibility index (Phi) is 4.63. The molecule has 2 fully saturated rings. The molecule has 0 amide bonds. The highest BCUT2D eigenvalue weighted by molar-refractivity contribution is 5.13. The Hall–Kier alpha value is -1.72. The normalized spacial score (nSPS) is 24.5. The molecule has 0 spiro atoms. The van der Waals surface area contributed by atoms with Crippen LogP contribution in [0.5, 0.6) is 0 Å². The molecular weight excluding hydrogens is 300 g/mol. The van der Waals surface area contributed by atoms with Crippen LogP contribution < -0.4 is 0 Å². The van der Waals surface area contributed by atoms with Gasteiger partial charge in [0.2, 0.25) is 0 Å². The molecule has 2 aliphatic rings. The molecule has 1 saturated carbocycles. The van der Waals surface area contributed by atoms with Gasteiger partial charge in [-0.2, -0.15) is 0 Å². The molecule has 2 aromatic heterocycles. The molecule has 24 heavy (non-hydrogen) atoms. The highest BCUT2D eigenvalue weighted by atomic mass is 16.5. The Morgan fingerprint density at radius 2 is 2.00 bits per heavy atom. The molecule has 0 N–H and O–H groups in total. The largest absolute Gasteiger partial charge is 0.376 e. The number of hydrogen-bond acceptors (Lipinski definition) is 4. The summed E-state index contributed by atoms with van der Waals surface area (Å²) in [6, 6.07) is 4.66. The van der Waals surface area contributed by atoms with Crippen LogP contribution in [0.3, 0.4) is 0 Å². The van der Waals surface area contributed by atoms with E-state index >= 15 is 0 Å². The highest BCUT2D eigenvalue weighted by Gasteiger charge is 2.36. The fourth-order valence-corrected chi connectivity index (χ4v) is 3.57. The SMILES string of the molecule is Cn1ccnc1CN1CC[C@H](OCC2CC2)[C@@H]1Cc1ccncc1. The third-order valence-electron chi connectivity index (χ3n) is 5.30. The lowest BCUT2D eigenvalue weighted by atomic mass is 10.0. The first-order chi connectivity index (χ1) is 11.8. The molecule has 3 heterocycles. The number of hydrogen-bond donors (Lipinski definition) is 0. The quantitative estimate of drug-likeness (QED) is 0.784. The van der Waals surface area contributed by atoms with E-state index in [-0.39, 0.29) is 0 Å². The van der Waals surface area contributed by atoms with Gasteiger partial charge in [0.1, 0.15) is 5.82 Å². The summed E-state index contributed by atoms with van der Waals surface area (Å²) in [5.41, 5.74) is 1.33. The van der Waals surface area contributed by atoms with E-state index < -0.39 is 0 Å². The predicted octanol–water partition coefficient (Wildman–Crippen LogP) is 2.43. The fourth-order valence-electron chi connectivity index (χ4n) is 3.57. The van der Waals surface area contributed by atoms with E-state index in [2.05, 4.69) is 38.6 Å². The first kappa shape index (κ1) is 15.8. The van der Waals surface area contributed by atoms with E-state index in [0.717, 1.165) is 44.3 Å². The van der Waals surface area contributed by atoms with Crippen molar-refractivity contribution in [2.24, 2.45) is 13.0 Å². The summed E-state index contributed by atoms with van der Waals surface area (Å²) in [6.45, 7) is 2.91. The molecule has 5 heteroatoms. The first-order valence-electron chi connectivity index (χ1n) is 9.00. The van der Waals surface area contributed by atoms with Gasteiger partial charge in [0.25, 0.3) is 0 Å². The zero-order chi connectivity index (χ0) is 16.4. The number of rotatable bonds is 7. The van der Waals surface area contributed by atoms with Gasteiger partial charge in [0.15, 0.2) is 0 Å². The lowest BCUT2D eigenvalue weighted by molar-refractivity contribution is 0.0192. The smallest absolute Gasteiger partial charge is 0.122 e. The average molecular weight is 326 g/mol. The van der Waals surface area contributed by atoms with Crippen LogP contribution in [0.1, 0.15) is 30.7 Å². The maximum absolute atomic E-state index is 6.31. The van der Waals surface area contributed by atoms with Crippen molar-refractivity contribution in [3.05, 3.63) is 48.3 Å². The van der Waals surface area contributed by atoms with Crippen LogP contribution in [0.25, 0.3) is 0 Å². The van der Waals surface area contributed by atoms with Crippen molar-refractivity contribution in [3.8, 4) is 0 Å². The molecule has 0 radical (unpaired) electrons. The molecule has 2 aromatic rings. The summed E-state index contributed by atoms with van der Waals surface area (Å²) in [6.07, 6.45) is 12.8. The maximum Gasteiger partial charge on any atom is 0.122 e. The summed E-state index contributed by atoms with van der Waals surface area (Å²) in [5.74, 6) is 1.94. The van der Waals surface area contributed by atoms with Crippen molar-refractivity contribution in [2.75, 3.05) is 13.2 Å². The van der Waals surface area contributed by atoms with Gasteiger partial charge in [-0.3, -0.25) is 9.88 Å². The third-order valence-corrected chi connectivity index (χ3v) is 5.30. The summed E-state index contributed by atoms with van der Waals surface area (Å²) in [4.78, 5) is 11.2. The second-order valence-electron chi connectivity index (χ2n) is 7.16. The van der Waals surface area contributed by atoms with Crippen LogP contribution in [0.15, 0.2) is 36.9 Å². The van der Waals surface area contributed by atoms with Crippen molar-refractivity contribution in [2.45, 2.75) is 44.4 Å². The Morgan fingerprint density at radius 3 is 2.71 bits per heavy atom. The highest BCUT2D eigenvalue weighted by Crippen LogP contribution is 2.32. The number of aryl methyl sites for hydroxylation is 1. The van der Waals surface area contributed by atoms with Gasteiger partial charge in [-0.05, 0) is 49.3 Å². The Balaban J connectivity index is 1.47. The van der Waals surface area contributed by atoms with Crippen LogP contribution in [-0.2, 0) is 24.8 Å². The summed E-state index contributed by atoms with van der Waals surface area (Å²) < 4.78 is 8.42. The molecule has 128 valence electrons. The number of nitrogens with zero attached hydrogens (tertiary/aromatic N) is 4. The number of aromatic nitrogens is 3. The monoisotopic (exact) mass is 326 g/mol. The van der Waals surface area contributed by atoms with Gasteiger partial charge in [-0.15, -0.1) is 0 Å². The standard InChI is InChI=1S/C19H26N4O/c1-22-11-9-21-19(22)13-23-10-6-18(24-14-16-2-3-16)17(23)12-15-4-7-20-8-5-15/h4-5,7-9,11,16-18H,2-3,6,10,12-14H2,1H3/t17-,18-/m0/s1. The fraction of sp³-hybridized carbons (Fsp3) is 0.579. The minimum Gasteiger partial charge on any atom is -0.376 e. The number of likely N-dealkylation sites (tertiary alicyclic amines) is 1. The molecule has 5 nitrogen and oxygen atoms in total. The van der Waals surface area contributed by atoms with E-state index in [0.29, 0.717) is 12.1 Å². The first-order valence-corrected chi connectivity index (χ1v) is 9.00. The molecule has 4 rings (SSSR count). The topological polar surface area (TPSA) is 43.2 Å². The van der Waals surface area contributed by atoms with Crippen molar-refractivity contribution >= 4 is 0 Å². The van der Waals surface area contributed by atoms with Gasteiger partial charge in [-0.1, -0.05) is 0 Å².